The second-order valence-corrected chi connectivity index (χ2v) is 4.79. The fourth-order valence-electron chi connectivity index (χ4n) is 1.82. The summed E-state index contributed by atoms with van der Waals surface area (Å²) in [5.74, 6) is 0.121. The van der Waals surface area contributed by atoms with Crippen molar-refractivity contribution in [1.82, 2.24) is 5.32 Å². The molecule has 0 saturated heterocycles. The summed E-state index contributed by atoms with van der Waals surface area (Å²) in [6, 6.07) is 5.24. The van der Waals surface area contributed by atoms with Crippen molar-refractivity contribution in [2.24, 2.45) is 0 Å². The Hall–Kier alpha value is -1.79. The molecule has 0 spiro atoms. The maximum Gasteiger partial charge on any atom is 0.255 e. The number of aliphatic hydroxyl groups excluding tert-OH is 2. The van der Waals surface area contributed by atoms with Gasteiger partial charge in [0, 0.05) is 6.54 Å². The van der Waals surface area contributed by atoms with E-state index in [4.69, 9.17) is 4.74 Å². The van der Waals surface area contributed by atoms with Crippen molar-refractivity contribution >= 4 is 11.6 Å². The van der Waals surface area contributed by atoms with Gasteiger partial charge < -0.3 is 25.6 Å². The Morgan fingerprint density at radius 2 is 2.21 bits per heavy atom. The summed E-state index contributed by atoms with van der Waals surface area (Å²) in [6.45, 7) is 2.07. The number of benzene rings is 1. The molecule has 19 heavy (non-hydrogen) atoms. The van der Waals surface area contributed by atoms with E-state index in [1.165, 1.54) is 0 Å². The Bertz CT molecular complexity index is 472. The second kappa shape index (κ2) is 5.46. The zero-order chi connectivity index (χ0) is 13.9. The van der Waals surface area contributed by atoms with E-state index in [1.54, 1.807) is 19.1 Å². The molecule has 0 radical (unpaired) electrons. The smallest absolute Gasteiger partial charge is 0.255 e. The van der Waals surface area contributed by atoms with Crippen LogP contribution in [0.2, 0.25) is 0 Å². The van der Waals surface area contributed by atoms with Crippen LogP contribution in [0.4, 0.5) is 5.69 Å². The lowest BCUT2D eigenvalue weighted by Crippen LogP contribution is -2.51. The summed E-state index contributed by atoms with van der Waals surface area (Å²) in [4.78, 5) is 12.2. The molecule has 0 aliphatic carbocycles. The van der Waals surface area contributed by atoms with E-state index >= 15 is 0 Å². The van der Waals surface area contributed by atoms with E-state index in [9.17, 15) is 15.0 Å². The first-order valence-electron chi connectivity index (χ1n) is 6.13. The third-order valence-corrected chi connectivity index (χ3v) is 3.04. The summed E-state index contributed by atoms with van der Waals surface area (Å²) in [6.07, 6.45) is 0. The highest BCUT2D eigenvalue weighted by molar-refractivity contribution is 5.99. The normalized spacial score (nSPS) is 14.1. The van der Waals surface area contributed by atoms with Gasteiger partial charge in [0.25, 0.3) is 5.91 Å². The number of carbonyl (C=O) groups excluding carboxylic acids is 1. The molecule has 0 saturated carbocycles. The first-order valence-corrected chi connectivity index (χ1v) is 6.13. The number of anilines is 1. The molecule has 2 rings (SSSR count). The Morgan fingerprint density at radius 1 is 1.47 bits per heavy atom. The second-order valence-electron chi connectivity index (χ2n) is 4.79. The molecule has 6 heteroatoms. The molecule has 0 unspecified atom stereocenters. The summed E-state index contributed by atoms with van der Waals surface area (Å²) in [5, 5.41) is 24.2. The highest BCUT2D eigenvalue weighted by Gasteiger charge is 2.27. The van der Waals surface area contributed by atoms with E-state index in [1.807, 2.05) is 6.07 Å². The molecule has 1 amide bonds. The molecule has 1 heterocycles. The van der Waals surface area contributed by atoms with Gasteiger partial charge in [0.15, 0.2) is 5.75 Å². The van der Waals surface area contributed by atoms with Crippen molar-refractivity contribution in [3.63, 3.8) is 0 Å². The average Bonchev–Trinajstić information content (AvgIpc) is 2.46. The van der Waals surface area contributed by atoms with Crippen LogP contribution in [0.25, 0.3) is 0 Å². The third-order valence-electron chi connectivity index (χ3n) is 3.04. The summed E-state index contributed by atoms with van der Waals surface area (Å²) < 4.78 is 5.51. The van der Waals surface area contributed by atoms with Crippen LogP contribution in [0.3, 0.4) is 0 Å². The number of fused-ring (bicyclic) bond motifs is 1. The standard InChI is InChI=1S/C13H18N2O4/c1-13(7-16,8-17)15-12(18)9-3-2-4-10-11(9)19-6-5-14-10/h2-4,14,16-17H,5-8H2,1H3,(H,15,18). The lowest BCUT2D eigenvalue weighted by atomic mass is 10.0. The average molecular weight is 266 g/mol. The first kappa shape index (κ1) is 13.6. The van der Waals surface area contributed by atoms with Crippen molar-refractivity contribution in [2.75, 3.05) is 31.7 Å². The van der Waals surface area contributed by atoms with Crippen LogP contribution in [0.1, 0.15) is 17.3 Å². The van der Waals surface area contributed by atoms with Gasteiger partial charge in [-0.3, -0.25) is 4.79 Å². The van der Waals surface area contributed by atoms with Crippen LogP contribution >= 0.6 is 0 Å². The van der Waals surface area contributed by atoms with E-state index in [2.05, 4.69) is 10.6 Å². The van der Waals surface area contributed by atoms with Crippen molar-refractivity contribution in [3.8, 4) is 5.75 Å². The van der Waals surface area contributed by atoms with Gasteiger partial charge in [-0.25, -0.2) is 0 Å². The number of rotatable bonds is 4. The number of hydrogen-bond acceptors (Lipinski definition) is 5. The molecule has 4 N–H and O–H groups in total. The van der Waals surface area contributed by atoms with Crippen LogP contribution in [0, 0.1) is 0 Å². The minimum atomic E-state index is -1.05. The monoisotopic (exact) mass is 266 g/mol. The van der Waals surface area contributed by atoms with Crippen LogP contribution in [-0.4, -0.2) is 48.0 Å². The Balaban J connectivity index is 2.25. The number of aliphatic hydroxyl groups is 2. The molecule has 0 atom stereocenters. The number of carbonyl (C=O) groups is 1. The lowest BCUT2D eigenvalue weighted by molar-refractivity contribution is 0.0720. The molecule has 6 nitrogen and oxygen atoms in total. The van der Waals surface area contributed by atoms with Crippen LogP contribution in [-0.2, 0) is 0 Å². The Kier molecular flexibility index (Phi) is 3.92. The van der Waals surface area contributed by atoms with E-state index < -0.39 is 5.54 Å². The van der Waals surface area contributed by atoms with Gasteiger partial charge in [-0.15, -0.1) is 0 Å². The lowest BCUT2D eigenvalue weighted by Gasteiger charge is -2.27. The molecule has 0 bridgehead atoms. The fourth-order valence-corrected chi connectivity index (χ4v) is 1.82. The maximum atomic E-state index is 12.2. The van der Waals surface area contributed by atoms with E-state index in [0.29, 0.717) is 24.5 Å². The van der Waals surface area contributed by atoms with Gasteiger partial charge in [0.1, 0.15) is 6.61 Å². The van der Waals surface area contributed by atoms with Gasteiger partial charge in [-0.05, 0) is 19.1 Å². The highest BCUT2D eigenvalue weighted by atomic mass is 16.5. The Morgan fingerprint density at radius 3 is 2.89 bits per heavy atom. The first-order chi connectivity index (χ1) is 9.09. The number of nitrogens with one attached hydrogen (secondary N) is 2. The van der Waals surface area contributed by atoms with Crippen molar-refractivity contribution in [2.45, 2.75) is 12.5 Å². The van der Waals surface area contributed by atoms with Crippen molar-refractivity contribution in [3.05, 3.63) is 23.8 Å². The molecule has 0 fully saturated rings. The van der Waals surface area contributed by atoms with Gasteiger partial charge in [0.05, 0.1) is 30.0 Å². The zero-order valence-electron chi connectivity index (χ0n) is 10.8. The minimum absolute atomic E-state index is 0.344. The van der Waals surface area contributed by atoms with Crippen molar-refractivity contribution in [1.29, 1.82) is 0 Å². The molecular formula is C13H18N2O4. The van der Waals surface area contributed by atoms with E-state index in [0.717, 1.165) is 5.69 Å². The molecular weight excluding hydrogens is 248 g/mol. The number of hydrogen-bond donors (Lipinski definition) is 4. The van der Waals surface area contributed by atoms with E-state index in [-0.39, 0.29) is 19.1 Å². The molecule has 1 aromatic rings. The minimum Gasteiger partial charge on any atom is -0.489 e. The van der Waals surface area contributed by atoms with Gasteiger partial charge in [-0.1, -0.05) is 6.07 Å². The molecule has 0 aromatic heterocycles. The summed E-state index contributed by atoms with van der Waals surface area (Å²) >= 11 is 0. The van der Waals surface area contributed by atoms with Gasteiger partial charge in [0.2, 0.25) is 0 Å². The quantitative estimate of drug-likeness (QED) is 0.614. The predicted octanol–water partition coefficient (Wildman–Crippen LogP) is -0.0360. The third kappa shape index (κ3) is 2.80. The molecule has 104 valence electrons. The summed E-state index contributed by atoms with van der Waals surface area (Å²) in [7, 11) is 0. The number of ether oxygens (including phenoxy) is 1. The number of para-hydroxylation sites is 1. The topological polar surface area (TPSA) is 90.8 Å². The fraction of sp³-hybridized carbons (Fsp3) is 0.462. The highest BCUT2D eigenvalue weighted by Crippen LogP contribution is 2.31. The van der Waals surface area contributed by atoms with Crippen molar-refractivity contribution < 1.29 is 19.7 Å². The molecule has 1 aliphatic rings. The zero-order valence-corrected chi connectivity index (χ0v) is 10.8. The van der Waals surface area contributed by atoms with Gasteiger partial charge in [-0.2, -0.15) is 0 Å². The largest absolute Gasteiger partial charge is 0.489 e. The number of amides is 1. The summed E-state index contributed by atoms with van der Waals surface area (Å²) in [5.41, 5.74) is 0.105. The molecule has 1 aromatic carbocycles. The maximum absolute atomic E-state index is 12.2. The van der Waals surface area contributed by atoms with Crippen LogP contribution in [0.5, 0.6) is 5.75 Å². The molecule has 1 aliphatic heterocycles. The van der Waals surface area contributed by atoms with Crippen LogP contribution < -0.4 is 15.4 Å². The predicted molar refractivity (Wildman–Crippen MR) is 70.5 cm³/mol. The Labute approximate surface area is 111 Å². The van der Waals surface area contributed by atoms with Crippen LogP contribution in [0.15, 0.2) is 18.2 Å². The SMILES string of the molecule is CC(CO)(CO)NC(=O)c1cccc2c1OCCN2. The van der Waals surface area contributed by atoms with Gasteiger partial charge >= 0.3 is 0 Å².